The number of carbonyl (C=O) groups is 2. The Balaban J connectivity index is 2.50. The van der Waals surface area contributed by atoms with Crippen LogP contribution in [0, 0.1) is 6.92 Å². The molecule has 1 rings (SSSR count). The normalized spacial score (nSPS) is 9.84. The third-order valence-electron chi connectivity index (χ3n) is 2.70. The average Bonchev–Trinajstić information content (AvgIpc) is 2.42. The lowest BCUT2D eigenvalue weighted by Crippen LogP contribution is -2.23. The lowest BCUT2D eigenvalue weighted by Gasteiger charge is -2.10. The molecule has 0 bridgehead atoms. The van der Waals surface area contributed by atoms with E-state index in [0.29, 0.717) is 6.54 Å². The van der Waals surface area contributed by atoms with E-state index >= 15 is 0 Å². The van der Waals surface area contributed by atoms with Crippen molar-refractivity contribution in [3.63, 3.8) is 0 Å². The third kappa shape index (κ3) is 4.99. The SMILES string of the molecule is COC(=O)CCC(=O)NCc1cc(C)ccc1OC. The number of amides is 1. The summed E-state index contributed by atoms with van der Waals surface area (Å²) in [5.41, 5.74) is 2.01. The van der Waals surface area contributed by atoms with Gasteiger partial charge in [0.2, 0.25) is 5.91 Å². The zero-order chi connectivity index (χ0) is 14.3. The second-order valence-corrected chi connectivity index (χ2v) is 4.17. The van der Waals surface area contributed by atoms with Crippen molar-refractivity contribution in [3.05, 3.63) is 29.3 Å². The van der Waals surface area contributed by atoms with Gasteiger partial charge in [0, 0.05) is 18.5 Å². The second kappa shape index (κ2) is 7.41. The minimum atomic E-state index is -0.386. The highest BCUT2D eigenvalue weighted by Crippen LogP contribution is 2.19. The molecule has 0 fully saturated rings. The Labute approximate surface area is 112 Å². The van der Waals surface area contributed by atoms with Gasteiger partial charge < -0.3 is 14.8 Å². The smallest absolute Gasteiger partial charge is 0.306 e. The van der Waals surface area contributed by atoms with Crippen LogP contribution in [0.1, 0.15) is 24.0 Å². The molecule has 1 amide bonds. The van der Waals surface area contributed by atoms with Crippen LogP contribution < -0.4 is 10.1 Å². The molecule has 0 unspecified atom stereocenters. The van der Waals surface area contributed by atoms with Crippen molar-refractivity contribution in [2.45, 2.75) is 26.3 Å². The Hall–Kier alpha value is -2.04. The molecule has 0 heterocycles. The molecule has 5 heteroatoms. The summed E-state index contributed by atoms with van der Waals surface area (Å²) < 4.78 is 9.70. The first kappa shape index (κ1) is 15.0. The average molecular weight is 265 g/mol. The fraction of sp³-hybridized carbons (Fsp3) is 0.429. The van der Waals surface area contributed by atoms with E-state index in [2.05, 4.69) is 10.1 Å². The Morgan fingerprint density at radius 3 is 2.58 bits per heavy atom. The van der Waals surface area contributed by atoms with E-state index in [1.165, 1.54) is 7.11 Å². The molecule has 0 saturated heterocycles. The highest BCUT2D eigenvalue weighted by atomic mass is 16.5. The first-order valence-electron chi connectivity index (χ1n) is 6.04. The molecule has 1 aromatic rings. The number of aryl methyl sites for hydroxylation is 1. The summed E-state index contributed by atoms with van der Waals surface area (Å²) in [4.78, 5) is 22.5. The van der Waals surface area contributed by atoms with Gasteiger partial charge in [-0.2, -0.15) is 0 Å². The van der Waals surface area contributed by atoms with Crippen LogP contribution in [-0.2, 0) is 20.9 Å². The molecular weight excluding hydrogens is 246 g/mol. The van der Waals surface area contributed by atoms with Crippen LogP contribution in [0.15, 0.2) is 18.2 Å². The molecule has 1 N–H and O–H groups in total. The summed E-state index contributed by atoms with van der Waals surface area (Å²) in [6, 6.07) is 5.77. The largest absolute Gasteiger partial charge is 0.496 e. The zero-order valence-electron chi connectivity index (χ0n) is 11.5. The van der Waals surface area contributed by atoms with Gasteiger partial charge in [-0.05, 0) is 13.0 Å². The van der Waals surface area contributed by atoms with Crippen LogP contribution in [-0.4, -0.2) is 26.1 Å². The van der Waals surface area contributed by atoms with E-state index in [4.69, 9.17) is 4.74 Å². The molecule has 0 aromatic heterocycles. The molecule has 5 nitrogen and oxygen atoms in total. The number of nitrogens with one attached hydrogen (secondary N) is 1. The van der Waals surface area contributed by atoms with E-state index in [0.717, 1.165) is 16.9 Å². The van der Waals surface area contributed by atoms with Crippen molar-refractivity contribution in [1.82, 2.24) is 5.32 Å². The first-order chi connectivity index (χ1) is 9.06. The van der Waals surface area contributed by atoms with Crippen LogP contribution in [0.25, 0.3) is 0 Å². The number of methoxy groups -OCH3 is 2. The van der Waals surface area contributed by atoms with Gasteiger partial charge in [0.05, 0.1) is 20.6 Å². The van der Waals surface area contributed by atoms with Crippen molar-refractivity contribution in [2.24, 2.45) is 0 Å². The van der Waals surface area contributed by atoms with Gasteiger partial charge in [-0.25, -0.2) is 0 Å². The van der Waals surface area contributed by atoms with Gasteiger partial charge in [-0.1, -0.05) is 17.7 Å². The maximum atomic E-state index is 11.6. The molecule has 0 radical (unpaired) electrons. The third-order valence-corrected chi connectivity index (χ3v) is 2.70. The van der Waals surface area contributed by atoms with E-state index in [9.17, 15) is 9.59 Å². The lowest BCUT2D eigenvalue weighted by atomic mass is 10.1. The predicted octanol–water partition coefficient (Wildman–Crippen LogP) is 1.57. The number of hydrogen-bond acceptors (Lipinski definition) is 4. The van der Waals surface area contributed by atoms with Crippen molar-refractivity contribution >= 4 is 11.9 Å². The minimum absolute atomic E-state index is 0.0906. The Morgan fingerprint density at radius 2 is 1.95 bits per heavy atom. The summed E-state index contributed by atoms with van der Waals surface area (Å²) in [5.74, 6) is 0.163. The van der Waals surface area contributed by atoms with Crippen LogP contribution in [0.3, 0.4) is 0 Å². The highest BCUT2D eigenvalue weighted by Gasteiger charge is 2.08. The molecule has 0 aliphatic rings. The van der Waals surface area contributed by atoms with Crippen molar-refractivity contribution in [1.29, 1.82) is 0 Å². The Morgan fingerprint density at radius 1 is 1.21 bits per heavy atom. The number of rotatable bonds is 6. The number of carbonyl (C=O) groups excluding carboxylic acids is 2. The van der Waals surface area contributed by atoms with Gasteiger partial charge in [0.25, 0.3) is 0 Å². The van der Waals surface area contributed by atoms with E-state index in [-0.39, 0.29) is 24.7 Å². The molecular formula is C14H19NO4. The molecule has 0 saturated carbocycles. The van der Waals surface area contributed by atoms with Gasteiger partial charge in [0.1, 0.15) is 5.75 Å². The van der Waals surface area contributed by atoms with Gasteiger partial charge in [-0.15, -0.1) is 0 Å². The van der Waals surface area contributed by atoms with E-state index in [1.54, 1.807) is 7.11 Å². The summed E-state index contributed by atoms with van der Waals surface area (Å²) >= 11 is 0. The van der Waals surface area contributed by atoms with Gasteiger partial charge in [-0.3, -0.25) is 9.59 Å². The summed E-state index contributed by atoms with van der Waals surface area (Å²) in [5, 5.41) is 2.75. The molecule has 0 aliphatic heterocycles. The summed E-state index contributed by atoms with van der Waals surface area (Å²) in [7, 11) is 2.89. The molecule has 0 aliphatic carbocycles. The molecule has 0 atom stereocenters. The number of ether oxygens (including phenoxy) is 2. The lowest BCUT2D eigenvalue weighted by molar-refractivity contribution is -0.142. The molecule has 104 valence electrons. The number of benzene rings is 1. The second-order valence-electron chi connectivity index (χ2n) is 4.17. The monoisotopic (exact) mass is 265 g/mol. The van der Waals surface area contributed by atoms with Crippen molar-refractivity contribution < 1.29 is 19.1 Å². The van der Waals surface area contributed by atoms with Gasteiger partial charge >= 0.3 is 5.97 Å². The van der Waals surface area contributed by atoms with Crippen LogP contribution in [0.5, 0.6) is 5.75 Å². The van der Waals surface area contributed by atoms with Crippen LogP contribution in [0.4, 0.5) is 0 Å². The molecule has 1 aromatic carbocycles. The zero-order valence-corrected chi connectivity index (χ0v) is 11.5. The van der Waals surface area contributed by atoms with Crippen LogP contribution >= 0.6 is 0 Å². The topological polar surface area (TPSA) is 64.6 Å². The minimum Gasteiger partial charge on any atom is -0.496 e. The van der Waals surface area contributed by atoms with E-state index in [1.807, 2.05) is 25.1 Å². The highest BCUT2D eigenvalue weighted by molar-refractivity contribution is 5.81. The quantitative estimate of drug-likeness (QED) is 0.793. The summed E-state index contributed by atoms with van der Waals surface area (Å²) in [6.07, 6.45) is 0.216. The van der Waals surface area contributed by atoms with Crippen LogP contribution in [0.2, 0.25) is 0 Å². The predicted molar refractivity (Wildman–Crippen MR) is 70.8 cm³/mol. The Bertz CT molecular complexity index is 457. The van der Waals surface area contributed by atoms with Crippen molar-refractivity contribution in [3.8, 4) is 5.75 Å². The first-order valence-corrected chi connectivity index (χ1v) is 6.04. The number of esters is 1. The summed E-state index contributed by atoms with van der Waals surface area (Å²) in [6.45, 7) is 2.35. The molecule has 0 spiro atoms. The van der Waals surface area contributed by atoms with Gasteiger partial charge in [0.15, 0.2) is 0 Å². The standard InChI is InChI=1S/C14H19NO4/c1-10-4-5-12(18-2)11(8-10)9-15-13(16)6-7-14(17)19-3/h4-5,8H,6-7,9H2,1-3H3,(H,15,16). The maximum Gasteiger partial charge on any atom is 0.306 e. The fourth-order valence-corrected chi connectivity index (χ4v) is 1.65. The maximum absolute atomic E-state index is 11.6. The molecule has 19 heavy (non-hydrogen) atoms. The Kier molecular flexibility index (Phi) is 5.85. The van der Waals surface area contributed by atoms with Crippen molar-refractivity contribution in [2.75, 3.05) is 14.2 Å². The van der Waals surface area contributed by atoms with E-state index < -0.39 is 0 Å². The number of hydrogen-bond donors (Lipinski definition) is 1. The fourth-order valence-electron chi connectivity index (χ4n) is 1.65.